The molecule has 0 aromatic heterocycles. The van der Waals surface area contributed by atoms with Gasteiger partial charge in [0.2, 0.25) is 21.8 Å². The van der Waals surface area contributed by atoms with Gasteiger partial charge in [0.1, 0.15) is 11.8 Å². The van der Waals surface area contributed by atoms with Gasteiger partial charge in [0.25, 0.3) is 0 Å². The number of hydrogen-bond donors (Lipinski definition) is 3. The van der Waals surface area contributed by atoms with Crippen LogP contribution in [0.5, 0.6) is 5.75 Å². The third kappa shape index (κ3) is 5.46. The van der Waals surface area contributed by atoms with Crippen LogP contribution in [-0.2, 0) is 26.0 Å². The molecule has 1 atom stereocenters. The van der Waals surface area contributed by atoms with Crippen LogP contribution in [0, 0.1) is 12.8 Å². The Balaban J connectivity index is 1.84. The second kappa shape index (κ2) is 9.70. The fraction of sp³-hybridized carbons (Fsp3) is 0.391. The number of ether oxygens (including phenoxy) is 1. The fourth-order valence-corrected chi connectivity index (χ4v) is 4.97. The number of fused-ring (bicyclic) bond motifs is 1. The molecule has 0 radical (unpaired) electrons. The molecule has 0 fully saturated rings. The predicted octanol–water partition coefficient (Wildman–Crippen LogP) is 3.22. The second-order valence-corrected chi connectivity index (χ2v) is 9.97. The fourth-order valence-electron chi connectivity index (χ4n) is 3.58. The summed E-state index contributed by atoms with van der Waals surface area (Å²) >= 11 is 0. The van der Waals surface area contributed by atoms with Crippen LogP contribution in [-0.4, -0.2) is 33.4 Å². The topological polar surface area (TPSA) is 114 Å². The van der Waals surface area contributed by atoms with Crippen LogP contribution in [0.15, 0.2) is 41.3 Å². The van der Waals surface area contributed by atoms with E-state index < -0.39 is 22.0 Å². The molecule has 0 saturated carbocycles. The maximum Gasteiger partial charge on any atom is 0.242 e. The molecule has 1 aliphatic rings. The normalized spacial score (nSPS) is 14.8. The lowest BCUT2D eigenvalue weighted by atomic mass is 10.0. The first-order valence-electron chi connectivity index (χ1n) is 10.5. The number of benzene rings is 2. The monoisotopic (exact) mass is 459 g/mol. The SMILES string of the molecule is COc1ccc(C)cc1NC(=O)C(NS(=O)(=O)c1ccc2c(c1)CCCC(=O)N2)C(C)C. The zero-order valence-electron chi connectivity index (χ0n) is 18.7. The van der Waals surface area contributed by atoms with E-state index in [2.05, 4.69) is 15.4 Å². The summed E-state index contributed by atoms with van der Waals surface area (Å²) in [6.45, 7) is 5.43. The summed E-state index contributed by atoms with van der Waals surface area (Å²) < 4.78 is 34.1. The van der Waals surface area contributed by atoms with E-state index in [1.165, 1.54) is 13.2 Å². The van der Waals surface area contributed by atoms with Crippen molar-refractivity contribution in [2.45, 2.75) is 51.0 Å². The van der Waals surface area contributed by atoms with Gasteiger partial charge < -0.3 is 15.4 Å². The Morgan fingerprint density at radius 3 is 2.56 bits per heavy atom. The number of carbonyl (C=O) groups excluding carboxylic acids is 2. The van der Waals surface area contributed by atoms with Gasteiger partial charge in [-0.2, -0.15) is 4.72 Å². The van der Waals surface area contributed by atoms with Gasteiger partial charge >= 0.3 is 0 Å². The first-order chi connectivity index (χ1) is 15.1. The lowest BCUT2D eigenvalue weighted by molar-refractivity contribution is -0.118. The van der Waals surface area contributed by atoms with Crippen LogP contribution in [0.3, 0.4) is 0 Å². The van der Waals surface area contributed by atoms with Gasteiger partial charge in [-0.25, -0.2) is 8.42 Å². The molecule has 9 heteroatoms. The van der Waals surface area contributed by atoms with E-state index in [4.69, 9.17) is 4.74 Å². The summed E-state index contributed by atoms with van der Waals surface area (Å²) in [6.07, 6.45) is 1.64. The van der Waals surface area contributed by atoms with Gasteiger partial charge in [0.05, 0.1) is 17.7 Å². The van der Waals surface area contributed by atoms with Crippen molar-refractivity contribution < 1.29 is 22.7 Å². The Morgan fingerprint density at radius 2 is 1.88 bits per heavy atom. The number of hydrogen-bond acceptors (Lipinski definition) is 5. The summed E-state index contributed by atoms with van der Waals surface area (Å²) in [7, 11) is -2.48. The van der Waals surface area contributed by atoms with E-state index >= 15 is 0 Å². The largest absolute Gasteiger partial charge is 0.495 e. The van der Waals surface area contributed by atoms with Gasteiger partial charge in [-0.3, -0.25) is 9.59 Å². The van der Waals surface area contributed by atoms with Crippen LogP contribution in [0.2, 0.25) is 0 Å². The van der Waals surface area contributed by atoms with Crippen LogP contribution in [0.25, 0.3) is 0 Å². The van der Waals surface area contributed by atoms with Gasteiger partial charge in [-0.15, -0.1) is 0 Å². The van der Waals surface area contributed by atoms with Gasteiger partial charge in [-0.1, -0.05) is 19.9 Å². The highest BCUT2D eigenvalue weighted by molar-refractivity contribution is 7.89. The molecule has 2 aromatic rings. The summed E-state index contributed by atoms with van der Waals surface area (Å²) in [6, 6.07) is 8.96. The molecule has 1 aliphatic heterocycles. The third-order valence-corrected chi connectivity index (χ3v) is 6.79. The molecule has 0 aliphatic carbocycles. The number of rotatable bonds is 7. The molecule has 2 amide bonds. The van der Waals surface area contributed by atoms with Crippen molar-refractivity contribution in [2.24, 2.45) is 5.92 Å². The molecule has 1 heterocycles. The van der Waals surface area contributed by atoms with Gasteiger partial charge in [-0.05, 0) is 67.1 Å². The van der Waals surface area contributed by atoms with Crippen LogP contribution in [0.1, 0.15) is 37.8 Å². The molecule has 0 spiro atoms. The Labute approximate surface area is 188 Å². The first-order valence-corrected chi connectivity index (χ1v) is 12.0. The number of carbonyl (C=O) groups is 2. The molecule has 1 unspecified atom stereocenters. The zero-order valence-corrected chi connectivity index (χ0v) is 19.5. The average Bonchev–Trinajstić information content (AvgIpc) is 2.91. The number of sulfonamides is 1. The molecule has 32 heavy (non-hydrogen) atoms. The molecular formula is C23H29N3O5S. The van der Waals surface area contributed by atoms with E-state index in [1.54, 1.807) is 38.1 Å². The Morgan fingerprint density at radius 1 is 1.12 bits per heavy atom. The average molecular weight is 460 g/mol. The third-order valence-electron chi connectivity index (χ3n) is 5.36. The lowest BCUT2D eigenvalue weighted by Crippen LogP contribution is -2.47. The number of aryl methyl sites for hydroxylation is 2. The Kier molecular flexibility index (Phi) is 7.20. The van der Waals surface area contributed by atoms with Crippen LogP contribution >= 0.6 is 0 Å². The zero-order chi connectivity index (χ0) is 23.5. The van der Waals surface area contributed by atoms with E-state index in [0.29, 0.717) is 36.4 Å². The highest BCUT2D eigenvalue weighted by Gasteiger charge is 2.29. The molecule has 8 nitrogen and oxygen atoms in total. The number of anilines is 2. The maximum absolute atomic E-state index is 13.1. The minimum atomic E-state index is -3.98. The molecule has 0 bridgehead atoms. The van der Waals surface area contributed by atoms with Crippen molar-refractivity contribution >= 4 is 33.2 Å². The van der Waals surface area contributed by atoms with Gasteiger partial charge in [0.15, 0.2) is 0 Å². The van der Waals surface area contributed by atoms with E-state index in [1.807, 2.05) is 13.0 Å². The molecule has 172 valence electrons. The van der Waals surface area contributed by atoms with Crippen molar-refractivity contribution in [1.29, 1.82) is 0 Å². The smallest absolute Gasteiger partial charge is 0.242 e. The van der Waals surface area contributed by atoms with Crippen LogP contribution < -0.4 is 20.1 Å². The lowest BCUT2D eigenvalue weighted by Gasteiger charge is -2.22. The quantitative estimate of drug-likeness (QED) is 0.588. The second-order valence-electron chi connectivity index (χ2n) is 8.26. The van der Waals surface area contributed by atoms with Crippen molar-refractivity contribution in [3.05, 3.63) is 47.5 Å². The number of nitrogens with one attached hydrogen (secondary N) is 3. The molecule has 2 aromatic carbocycles. The maximum atomic E-state index is 13.1. The number of methoxy groups -OCH3 is 1. The Bertz CT molecular complexity index is 1130. The van der Waals surface area contributed by atoms with E-state index in [0.717, 1.165) is 11.1 Å². The Hall–Kier alpha value is -2.91. The molecule has 3 N–H and O–H groups in total. The van der Waals surface area contributed by atoms with E-state index in [9.17, 15) is 18.0 Å². The van der Waals surface area contributed by atoms with E-state index in [-0.39, 0.29) is 16.7 Å². The molecule has 0 saturated heterocycles. The van der Waals surface area contributed by atoms with Crippen molar-refractivity contribution in [2.75, 3.05) is 17.7 Å². The van der Waals surface area contributed by atoms with Crippen molar-refractivity contribution in [3.8, 4) is 5.75 Å². The summed E-state index contributed by atoms with van der Waals surface area (Å²) in [5.41, 5.74) is 2.79. The molecular weight excluding hydrogens is 430 g/mol. The predicted molar refractivity (Wildman–Crippen MR) is 123 cm³/mol. The summed E-state index contributed by atoms with van der Waals surface area (Å²) in [5, 5.41) is 5.57. The van der Waals surface area contributed by atoms with Gasteiger partial charge in [0, 0.05) is 12.1 Å². The highest BCUT2D eigenvalue weighted by atomic mass is 32.2. The standard InChI is InChI=1S/C23H29N3O5S/c1-14(2)22(23(28)25-19-12-15(3)8-11-20(19)31-4)26-32(29,30)17-9-10-18-16(13-17)6-5-7-21(27)24-18/h8-14,22,26H,5-7H2,1-4H3,(H,24,27)(H,25,28). The first kappa shape index (κ1) is 23.7. The van der Waals surface area contributed by atoms with Crippen molar-refractivity contribution in [1.82, 2.24) is 4.72 Å². The van der Waals surface area contributed by atoms with Crippen molar-refractivity contribution in [3.63, 3.8) is 0 Å². The minimum Gasteiger partial charge on any atom is -0.495 e. The summed E-state index contributed by atoms with van der Waals surface area (Å²) in [5.74, 6) is -0.377. The van der Waals surface area contributed by atoms with Crippen LogP contribution in [0.4, 0.5) is 11.4 Å². The number of amides is 2. The molecule has 3 rings (SSSR count). The summed E-state index contributed by atoms with van der Waals surface area (Å²) in [4.78, 5) is 24.8. The minimum absolute atomic E-state index is 0.0546. The highest BCUT2D eigenvalue weighted by Crippen LogP contribution is 2.27.